The fraction of sp³-hybridized carbons (Fsp3) is 0. The molecule has 0 bridgehead atoms. The zero-order chi connectivity index (χ0) is 5.70. The maximum atomic E-state index is 5.41. The molecule has 2 radical (unpaired) electrons. The minimum absolute atomic E-state index is 0.918. The van der Waals surface area contributed by atoms with Crippen LogP contribution in [0.1, 0.15) is 0 Å². The van der Waals surface area contributed by atoms with Crippen LogP contribution in [0.15, 0.2) is 22.9 Å². The first-order valence-corrected chi connectivity index (χ1v) is 4.66. The number of rotatable bonds is 1. The summed E-state index contributed by atoms with van der Waals surface area (Å²) in [6.45, 7) is 0. The van der Waals surface area contributed by atoms with Crippen molar-refractivity contribution in [3.63, 3.8) is 0 Å². The van der Waals surface area contributed by atoms with Gasteiger partial charge in [-0.25, -0.2) is 0 Å². The average molecular weight is 124 g/mol. The van der Waals surface area contributed by atoms with E-state index in [1.165, 1.54) is 0 Å². The van der Waals surface area contributed by atoms with Gasteiger partial charge in [0.1, 0.15) is 7.85 Å². The van der Waals surface area contributed by atoms with Crippen LogP contribution >= 0.6 is 0 Å². The van der Waals surface area contributed by atoms with Crippen LogP contribution in [0.25, 0.3) is 0 Å². The van der Waals surface area contributed by atoms with Crippen LogP contribution in [-0.2, 0) is 0 Å². The summed E-state index contributed by atoms with van der Waals surface area (Å²) in [5, 5.41) is 0. The smallest absolute Gasteiger partial charge is 0.112 e. The number of allylic oxidation sites excluding steroid dienone is 2. The molecule has 0 aliphatic rings. The third-order valence-corrected chi connectivity index (χ3v) is 1.69. The Balaban J connectivity index is 3.58. The van der Waals surface area contributed by atoms with Crippen LogP contribution < -0.4 is 0 Å². The van der Waals surface area contributed by atoms with E-state index in [-0.39, 0.29) is 0 Å². The summed E-state index contributed by atoms with van der Waals surface area (Å²) in [4.78, 5) is 0. The Bertz CT molecular complexity index is 95.9. The zero-order valence-electron chi connectivity index (χ0n) is 4.81. The van der Waals surface area contributed by atoms with Gasteiger partial charge in [-0.1, -0.05) is 6.08 Å². The zero-order valence-corrected chi connectivity index (χ0v) is 8.81. The number of hydrogen-bond acceptors (Lipinski definition) is 0. The summed E-state index contributed by atoms with van der Waals surface area (Å²) < 4.78 is 0. The van der Waals surface area contributed by atoms with Gasteiger partial charge in [0.05, 0.1) is 0 Å². The minimum Gasteiger partial charge on any atom is -0.112 e. The Hall–Kier alpha value is -0.0213. The Morgan fingerprint density at radius 3 is 2.14 bits per heavy atom. The normalized spacial score (nSPS) is 14.0. The van der Waals surface area contributed by atoms with Crippen molar-refractivity contribution in [3.05, 3.63) is 22.9 Å². The Labute approximate surface area is 51.9 Å². The monoisotopic (exact) mass is 124 g/mol. The second-order valence-corrected chi connectivity index (χ2v) is 2.53. The highest BCUT2D eigenvalue weighted by atomic mass is 28.1. The topological polar surface area (TPSA) is 0 Å². The second-order valence-electron chi connectivity index (χ2n) is 1.29. The third kappa shape index (κ3) is 3.82. The summed E-state index contributed by atoms with van der Waals surface area (Å²) in [7, 11) is 7.58. The van der Waals surface area contributed by atoms with E-state index < -0.39 is 0 Å². The molecule has 0 rings (SSSR count). The fourth-order valence-electron chi connectivity index (χ4n) is 0.289. The van der Waals surface area contributed by atoms with Crippen LogP contribution in [0.5, 0.6) is 0 Å². The van der Waals surface area contributed by atoms with E-state index in [2.05, 4.69) is 5.70 Å². The highest BCUT2D eigenvalue weighted by Gasteiger charge is 1.69. The molecule has 0 atom stereocenters. The van der Waals surface area contributed by atoms with Crippen molar-refractivity contribution in [2.45, 2.75) is 0 Å². The molecule has 0 spiro atoms. The van der Waals surface area contributed by atoms with E-state index in [1.54, 1.807) is 0 Å². The molecule has 0 aliphatic carbocycles. The summed E-state index contributed by atoms with van der Waals surface area (Å²) in [6.07, 6.45) is 1.96. The standard InChI is InChI=1S/C4H9BSi2/c5-4(3-7)1-2-6/h1-3H,6-7H3. The molecule has 7 heavy (non-hydrogen) atoms. The van der Waals surface area contributed by atoms with Crippen LogP contribution in [0.4, 0.5) is 0 Å². The van der Waals surface area contributed by atoms with Gasteiger partial charge in [-0.15, -0.1) is 16.9 Å². The molecule has 0 unspecified atom stereocenters. The van der Waals surface area contributed by atoms with Gasteiger partial charge in [-0.3, -0.25) is 0 Å². The average Bonchev–Trinajstić information content (AvgIpc) is 1.68. The third-order valence-electron chi connectivity index (χ3n) is 0.692. The molecule has 0 aromatic carbocycles. The maximum Gasteiger partial charge on any atom is 0.112 e. The first kappa shape index (κ1) is 6.98. The van der Waals surface area contributed by atoms with Crippen molar-refractivity contribution in [2.24, 2.45) is 0 Å². The van der Waals surface area contributed by atoms with Crippen molar-refractivity contribution in [3.8, 4) is 0 Å². The van der Waals surface area contributed by atoms with Crippen molar-refractivity contribution in [1.82, 2.24) is 0 Å². The lowest BCUT2D eigenvalue weighted by Crippen LogP contribution is -1.72. The largest absolute Gasteiger partial charge is 0.112 e. The minimum atomic E-state index is 0.918. The predicted molar refractivity (Wildman–Crippen MR) is 42.9 cm³/mol. The molecular weight excluding hydrogens is 115 g/mol. The van der Waals surface area contributed by atoms with Gasteiger partial charge in [0.25, 0.3) is 0 Å². The van der Waals surface area contributed by atoms with Crippen molar-refractivity contribution >= 4 is 28.3 Å². The van der Waals surface area contributed by atoms with E-state index in [0.717, 1.165) is 26.0 Å². The lowest BCUT2D eigenvalue weighted by atomic mass is 9.99. The molecule has 0 aromatic heterocycles. The summed E-state index contributed by atoms with van der Waals surface area (Å²) in [5.74, 6) is 0. The first-order chi connectivity index (χ1) is 3.31. The van der Waals surface area contributed by atoms with Gasteiger partial charge in [0.15, 0.2) is 0 Å². The molecule has 0 heterocycles. The molecular formula is C4H9BSi2. The molecule has 36 valence electrons. The van der Waals surface area contributed by atoms with Crippen molar-refractivity contribution in [1.29, 1.82) is 0 Å². The first-order valence-electron chi connectivity index (χ1n) is 2.35. The van der Waals surface area contributed by atoms with Gasteiger partial charge < -0.3 is 0 Å². The highest BCUT2D eigenvalue weighted by molar-refractivity contribution is 6.30. The van der Waals surface area contributed by atoms with Gasteiger partial charge in [0, 0.05) is 20.5 Å². The molecule has 0 N–H and O–H groups in total. The van der Waals surface area contributed by atoms with Gasteiger partial charge in [-0.05, 0) is 0 Å². The van der Waals surface area contributed by atoms with Crippen LogP contribution in [-0.4, -0.2) is 28.3 Å². The second kappa shape index (κ2) is 4.15. The molecule has 0 saturated carbocycles. The van der Waals surface area contributed by atoms with Crippen LogP contribution in [0, 0.1) is 0 Å². The van der Waals surface area contributed by atoms with Crippen molar-refractivity contribution < 1.29 is 0 Å². The summed E-state index contributed by atoms with van der Waals surface area (Å²) in [6, 6.07) is 0. The summed E-state index contributed by atoms with van der Waals surface area (Å²) >= 11 is 0. The Morgan fingerprint density at radius 2 is 2.00 bits per heavy atom. The van der Waals surface area contributed by atoms with Gasteiger partial charge in [-0.2, -0.15) is 0 Å². The summed E-state index contributed by atoms with van der Waals surface area (Å²) in [5.41, 5.74) is 5.01. The van der Waals surface area contributed by atoms with E-state index in [9.17, 15) is 0 Å². The predicted octanol–water partition coefficient (Wildman–Crippen LogP) is -1.76. The van der Waals surface area contributed by atoms with Gasteiger partial charge >= 0.3 is 0 Å². The van der Waals surface area contributed by atoms with Gasteiger partial charge in [0.2, 0.25) is 0 Å². The maximum absolute atomic E-state index is 5.41. The molecule has 0 fully saturated rings. The molecule has 0 amide bonds. The lowest BCUT2D eigenvalue weighted by Gasteiger charge is -1.82. The molecule has 0 nitrogen and oxygen atoms in total. The van der Waals surface area contributed by atoms with E-state index in [4.69, 9.17) is 7.85 Å². The quantitative estimate of drug-likeness (QED) is 0.287. The van der Waals surface area contributed by atoms with Crippen LogP contribution in [0.3, 0.4) is 0 Å². The van der Waals surface area contributed by atoms with Crippen LogP contribution in [0.2, 0.25) is 0 Å². The molecule has 0 aliphatic heterocycles. The molecule has 3 heteroatoms. The Kier molecular flexibility index (Phi) is 4.13. The van der Waals surface area contributed by atoms with Crippen molar-refractivity contribution in [2.75, 3.05) is 0 Å². The molecule has 0 saturated heterocycles. The van der Waals surface area contributed by atoms with E-state index in [1.807, 2.05) is 11.8 Å². The lowest BCUT2D eigenvalue weighted by molar-refractivity contribution is 1.98. The highest BCUT2D eigenvalue weighted by Crippen LogP contribution is 1.82. The fourth-order valence-corrected chi connectivity index (χ4v) is 0.866. The number of hydrogen-bond donors (Lipinski definition) is 0. The Morgan fingerprint density at radius 1 is 1.43 bits per heavy atom. The van der Waals surface area contributed by atoms with E-state index in [0.29, 0.717) is 0 Å². The molecule has 0 aromatic rings. The van der Waals surface area contributed by atoms with E-state index >= 15 is 0 Å². The SMILES string of the molecule is [B]C(C=C[SiH3])=C[SiH3].